The molecular weight excluding hydrogens is 693 g/mol. The molecule has 0 heterocycles. The van der Waals surface area contributed by atoms with Gasteiger partial charge in [-0.3, -0.25) is 0 Å². The zero-order chi connectivity index (χ0) is 41.4. The largest absolute Gasteiger partial charge is 0.507 e. The quantitative estimate of drug-likeness (QED) is 0.167. The van der Waals surface area contributed by atoms with Gasteiger partial charge in [0.25, 0.3) is 0 Å². The van der Waals surface area contributed by atoms with Crippen molar-refractivity contribution in [2.75, 3.05) is 13.2 Å². The van der Waals surface area contributed by atoms with E-state index in [2.05, 4.69) is 144 Å². The molecule has 0 saturated heterocycles. The van der Waals surface area contributed by atoms with Gasteiger partial charge < -0.3 is 19.7 Å². The Labute approximate surface area is 336 Å². The molecule has 56 heavy (non-hydrogen) atoms. The maximum atomic E-state index is 12.3. The summed E-state index contributed by atoms with van der Waals surface area (Å²) in [6, 6.07) is 21.7. The molecule has 8 bridgehead atoms. The van der Waals surface area contributed by atoms with E-state index in [0.717, 1.165) is 66.8 Å². The molecule has 0 saturated carbocycles. The van der Waals surface area contributed by atoms with Gasteiger partial charge in [-0.15, -0.1) is 0 Å². The highest BCUT2D eigenvalue weighted by atomic mass is 16.5. The van der Waals surface area contributed by atoms with Crippen molar-refractivity contribution in [3.8, 4) is 35.1 Å². The fourth-order valence-electron chi connectivity index (χ4n) is 7.41. The molecular formula is C50H62N2O4. The molecule has 0 atom stereocenters. The average Bonchev–Trinajstić information content (AvgIpc) is 3.07. The lowest BCUT2D eigenvalue weighted by Crippen LogP contribution is -2.17. The zero-order valence-electron chi connectivity index (χ0n) is 35.9. The molecule has 4 aromatic rings. The monoisotopic (exact) mass is 754 g/mol. The fourth-order valence-corrected chi connectivity index (χ4v) is 7.41. The smallest absolute Gasteiger partial charge is 0.126 e. The lowest BCUT2D eigenvalue weighted by atomic mass is 9.79. The summed E-state index contributed by atoms with van der Waals surface area (Å²) < 4.78 is 13.1. The summed E-state index contributed by atoms with van der Waals surface area (Å²) in [4.78, 5) is 0. The molecule has 5 rings (SSSR count). The maximum Gasteiger partial charge on any atom is 0.126 e. The van der Waals surface area contributed by atoms with Gasteiger partial charge in [0, 0.05) is 25.7 Å². The molecule has 0 unspecified atom stereocenters. The number of aromatic hydroxyl groups is 2. The van der Waals surface area contributed by atoms with Crippen molar-refractivity contribution in [2.24, 2.45) is 0 Å². The molecule has 0 radical (unpaired) electrons. The Morgan fingerprint density at radius 1 is 0.429 bits per heavy atom. The van der Waals surface area contributed by atoms with Gasteiger partial charge in [0.1, 0.15) is 36.2 Å². The van der Waals surface area contributed by atoms with E-state index in [-0.39, 0.29) is 59.2 Å². The van der Waals surface area contributed by atoms with Crippen LogP contribution in [0.3, 0.4) is 0 Å². The van der Waals surface area contributed by atoms with Gasteiger partial charge in [0.2, 0.25) is 0 Å². The number of ether oxygens (including phenoxy) is 2. The van der Waals surface area contributed by atoms with E-state index < -0.39 is 0 Å². The van der Waals surface area contributed by atoms with Crippen LogP contribution < -0.4 is 9.47 Å². The van der Waals surface area contributed by atoms with Gasteiger partial charge in [-0.25, -0.2) is 0 Å². The third-order valence-electron chi connectivity index (χ3n) is 10.9. The van der Waals surface area contributed by atoms with Crippen LogP contribution >= 0.6 is 0 Å². The summed E-state index contributed by atoms with van der Waals surface area (Å²) in [5.74, 6) is 1.86. The molecule has 0 spiro atoms. The predicted octanol–water partition coefficient (Wildman–Crippen LogP) is 11.5. The van der Waals surface area contributed by atoms with Crippen molar-refractivity contribution in [3.05, 3.63) is 115 Å². The van der Waals surface area contributed by atoms with Crippen LogP contribution in [0.4, 0.5) is 0 Å². The number of hydrogen-bond donors (Lipinski definition) is 2. The maximum absolute atomic E-state index is 12.3. The summed E-state index contributed by atoms with van der Waals surface area (Å²) >= 11 is 0. The molecule has 6 heteroatoms. The minimum Gasteiger partial charge on any atom is -0.507 e. The normalized spacial score (nSPS) is 13.5. The van der Waals surface area contributed by atoms with Gasteiger partial charge in [-0.2, -0.15) is 10.5 Å². The topological polar surface area (TPSA) is 106 Å². The Hall–Kier alpha value is -4.94. The Morgan fingerprint density at radius 2 is 0.643 bits per heavy atom. The molecule has 1 aliphatic rings. The second kappa shape index (κ2) is 15.9. The Kier molecular flexibility index (Phi) is 12.0. The lowest BCUT2D eigenvalue weighted by molar-refractivity contribution is 0.320. The standard InChI is InChI=1S/C50H62N2O4/c1-47(2,3)39-23-31-19-35-27-41(49(7,8)9)29-37(45(35)55-17-13-15-51)21-33-25-40(48(4,5)6)26-34(44(33)54)22-38-30-42(50(10,11)12)28-36(20-32(24-39)43(31)53)46(38)56-18-14-16-52/h23-30,53-54H,13-14,17-22H2,1-12H3. The summed E-state index contributed by atoms with van der Waals surface area (Å²) in [7, 11) is 0. The molecule has 0 fully saturated rings. The summed E-state index contributed by atoms with van der Waals surface area (Å²) in [6.07, 6.45) is 2.08. The third kappa shape index (κ3) is 9.53. The highest BCUT2D eigenvalue weighted by Crippen LogP contribution is 2.43. The van der Waals surface area contributed by atoms with E-state index in [1.165, 1.54) is 0 Å². The van der Waals surface area contributed by atoms with Gasteiger partial charge in [0.15, 0.2) is 0 Å². The molecule has 1 aliphatic carbocycles. The third-order valence-corrected chi connectivity index (χ3v) is 10.9. The van der Waals surface area contributed by atoms with Crippen LogP contribution in [-0.4, -0.2) is 23.4 Å². The lowest BCUT2D eigenvalue weighted by Gasteiger charge is -2.28. The minimum atomic E-state index is -0.210. The van der Waals surface area contributed by atoms with E-state index >= 15 is 0 Å². The molecule has 4 aromatic carbocycles. The molecule has 6 nitrogen and oxygen atoms in total. The van der Waals surface area contributed by atoms with E-state index in [9.17, 15) is 20.7 Å². The van der Waals surface area contributed by atoms with E-state index in [4.69, 9.17) is 9.47 Å². The van der Waals surface area contributed by atoms with Crippen LogP contribution in [0.25, 0.3) is 0 Å². The first-order valence-electron chi connectivity index (χ1n) is 20.0. The van der Waals surface area contributed by atoms with Crippen molar-refractivity contribution >= 4 is 0 Å². The van der Waals surface area contributed by atoms with Crippen molar-refractivity contribution in [1.82, 2.24) is 0 Å². The number of rotatable bonds is 6. The Bertz CT molecular complexity index is 1930. The van der Waals surface area contributed by atoms with Crippen molar-refractivity contribution in [2.45, 2.75) is 143 Å². The number of phenolic OH excluding ortho intramolecular Hbond substituents is 2. The van der Waals surface area contributed by atoms with Crippen LogP contribution in [0.1, 0.15) is 163 Å². The fraction of sp³-hybridized carbons (Fsp3) is 0.480. The summed E-state index contributed by atoms with van der Waals surface area (Å²) in [5.41, 5.74) is 10.5. The molecule has 0 aromatic heterocycles. The van der Waals surface area contributed by atoms with Gasteiger partial charge >= 0.3 is 0 Å². The van der Waals surface area contributed by atoms with Crippen LogP contribution in [0.5, 0.6) is 23.0 Å². The van der Waals surface area contributed by atoms with Crippen molar-refractivity contribution < 1.29 is 19.7 Å². The van der Waals surface area contributed by atoms with Crippen molar-refractivity contribution in [3.63, 3.8) is 0 Å². The van der Waals surface area contributed by atoms with Gasteiger partial charge in [0.05, 0.1) is 25.0 Å². The Morgan fingerprint density at radius 3 is 0.839 bits per heavy atom. The minimum absolute atomic E-state index is 0.202. The number of benzene rings is 4. The number of phenols is 2. The zero-order valence-corrected chi connectivity index (χ0v) is 35.9. The number of nitriles is 2. The van der Waals surface area contributed by atoms with E-state index in [1.807, 2.05) is 0 Å². The number of nitrogens with zero attached hydrogens (tertiary/aromatic N) is 2. The molecule has 0 amide bonds. The summed E-state index contributed by atoms with van der Waals surface area (Å²) in [6.45, 7) is 26.7. The van der Waals surface area contributed by atoms with E-state index in [1.54, 1.807) is 0 Å². The highest BCUT2D eigenvalue weighted by Gasteiger charge is 2.28. The van der Waals surface area contributed by atoms with Crippen molar-refractivity contribution in [1.29, 1.82) is 10.5 Å². The van der Waals surface area contributed by atoms with Crippen LogP contribution in [0, 0.1) is 22.7 Å². The van der Waals surface area contributed by atoms with Crippen LogP contribution in [0.2, 0.25) is 0 Å². The van der Waals surface area contributed by atoms with Crippen LogP contribution in [-0.2, 0) is 47.3 Å². The SMILES string of the molecule is CC(C)(C)c1cc2c(O)c(c1)Cc1cc(C(C)(C)C)cc(c1OCCC#N)Cc1cc(C(C)(C)C)cc(c1O)Cc1cc(C(C)(C)C)cc(c1OCCC#N)C2. The second-order valence-corrected chi connectivity index (χ2v) is 19.8. The molecule has 2 N–H and O–H groups in total. The average molecular weight is 755 g/mol. The first kappa shape index (κ1) is 42.2. The molecule has 296 valence electrons. The molecule has 0 aliphatic heterocycles. The Balaban J connectivity index is 1.94. The van der Waals surface area contributed by atoms with Gasteiger partial charge in [-0.1, -0.05) is 132 Å². The number of hydrogen-bond acceptors (Lipinski definition) is 6. The first-order valence-corrected chi connectivity index (χ1v) is 20.0. The van der Waals surface area contributed by atoms with Gasteiger partial charge in [-0.05, 0) is 88.4 Å². The first-order chi connectivity index (χ1) is 26.0. The van der Waals surface area contributed by atoms with E-state index in [0.29, 0.717) is 37.2 Å². The predicted molar refractivity (Wildman–Crippen MR) is 227 cm³/mol. The summed E-state index contributed by atoms with van der Waals surface area (Å²) in [5, 5.41) is 43.7. The second-order valence-electron chi connectivity index (χ2n) is 19.8. The highest BCUT2D eigenvalue weighted by molar-refractivity contribution is 5.59. The number of fused-ring (bicyclic) bond motifs is 8. The van der Waals surface area contributed by atoms with Crippen LogP contribution in [0.15, 0.2) is 48.5 Å².